The van der Waals surface area contributed by atoms with Crippen LogP contribution in [-0.4, -0.2) is 36.7 Å². The van der Waals surface area contributed by atoms with Crippen LogP contribution in [0.1, 0.15) is 26.2 Å². The number of carboxylic acid groups (broad SMARTS) is 1. The van der Waals surface area contributed by atoms with Crippen molar-refractivity contribution < 1.29 is 24.2 Å². The molecule has 21 heavy (non-hydrogen) atoms. The summed E-state index contributed by atoms with van der Waals surface area (Å²) < 4.78 is 10.5. The van der Waals surface area contributed by atoms with Gasteiger partial charge in [-0.2, -0.15) is 0 Å². The van der Waals surface area contributed by atoms with Crippen LogP contribution in [0.4, 0.5) is 0 Å². The lowest BCUT2D eigenvalue weighted by Gasteiger charge is -2.11. The minimum Gasteiger partial charge on any atom is -0.497 e. The highest BCUT2D eigenvalue weighted by molar-refractivity contribution is 5.77. The quantitative estimate of drug-likeness (QED) is 0.679. The first-order chi connectivity index (χ1) is 10.0. The van der Waals surface area contributed by atoms with E-state index in [2.05, 4.69) is 5.32 Å². The summed E-state index contributed by atoms with van der Waals surface area (Å²) in [5.74, 6) is 0.386. The van der Waals surface area contributed by atoms with Crippen LogP contribution in [0.3, 0.4) is 0 Å². The van der Waals surface area contributed by atoms with Gasteiger partial charge in [0.05, 0.1) is 20.1 Å². The van der Waals surface area contributed by atoms with Crippen LogP contribution in [-0.2, 0) is 9.59 Å². The molecule has 0 heterocycles. The van der Waals surface area contributed by atoms with Crippen LogP contribution in [0.15, 0.2) is 24.3 Å². The van der Waals surface area contributed by atoms with Gasteiger partial charge < -0.3 is 19.9 Å². The molecule has 0 radical (unpaired) electrons. The molecule has 0 spiro atoms. The molecule has 0 aliphatic heterocycles. The van der Waals surface area contributed by atoms with Crippen LogP contribution in [0.5, 0.6) is 11.5 Å². The summed E-state index contributed by atoms with van der Waals surface area (Å²) >= 11 is 0. The third-order valence-electron chi connectivity index (χ3n) is 2.76. The van der Waals surface area contributed by atoms with Gasteiger partial charge in [0.2, 0.25) is 5.91 Å². The van der Waals surface area contributed by atoms with Gasteiger partial charge in [-0.25, -0.2) is 0 Å². The fourth-order valence-electron chi connectivity index (χ4n) is 1.75. The van der Waals surface area contributed by atoms with Gasteiger partial charge in [0, 0.05) is 12.5 Å². The van der Waals surface area contributed by atoms with Crippen LogP contribution in [0.2, 0.25) is 0 Å². The number of methoxy groups -OCH3 is 1. The molecular formula is C15H21NO5. The molecule has 6 nitrogen and oxygen atoms in total. The highest BCUT2D eigenvalue weighted by Gasteiger charge is 2.10. The van der Waals surface area contributed by atoms with E-state index in [-0.39, 0.29) is 18.4 Å². The Labute approximate surface area is 124 Å². The molecule has 0 bridgehead atoms. The molecule has 0 aromatic heterocycles. The van der Waals surface area contributed by atoms with E-state index in [0.717, 1.165) is 11.5 Å². The Morgan fingerprint density at radius 3 is 2.43 bits per heavy atom. The molecular weight excluding hydrogens is 274 g/mol. The molecule has 1 amide bonds. The minimum atomic E-state index is -0.925. The second-order valence-electron chi connectivity index (χ2n) is 4.69. The second-order valence-corrected chi connectivity index (χ2v) is 4.69. The zero-order chi connectivity index (χ0) is 15.7. The van der Waals surface area contributed by atoms with Gasteiger partial charge in [-0.05, 0) is 37.6 Å². The lowest BCUT2D eigenvalue weighted by Crippen LogP contribution is -2.34. The maximum absolute atomic E-state index is 11.6. The summed E-state index contributed by atoms with van der Waals surface area (Å²) in [5, 5.41) is 11.2. The first-order valence-electron chi connectivity index (χ1n) is 6.79. The molecule has 1 rings (SSSR count). The lowest BCUT2D eigenvalue weighted by molar-refractivity contribution is -0.137. The molecule has 0 aliphatic rings. The number of nitrogens with one attached hydrogen (secondary N) is 1. The number of hydrogen-bond acceptors (Lipinski definition) is 4. The molecule has 1 unspecified atom stereocenters. The van der Waals surface area contributed by atoms with Crippen molar-refractivity contribution in [3.8, 4) is 11.5 Å². The number of amides is 1. The molecule has 0 aliphatic carbocycles. The average Bonchev–Trinajstić information content (AvgIpc) is 2.43. The number of carboxylic acids is 1. The van der Waals surface area contributed by atoms with Crippen LogP contribution in [0.25, 0.3) is 0 Å². The van der Waals surface area contributed by atoms with Crippen LogP contribution < -0.4 is 14.8 Å². The number of carbonyl (C=O) groups excluding carboxylic acids is 1. The van der Waals surface area contributed by atoms with E-state index in [1.807, 2.05) is 0 Å². The van der Waals surface area contributed by atoms with Gasteiger partial charge in [-0.3, -0.25) is 9.59 Å². The van der Waals surface area contributed by atoms with Gasteiger partial charge in [-0.15, -0.1) is 0 Å². The van der Waals surface area contributed by atoms with Crippen molar-refractivity contribution in [2.24, 2.45) is 0 Å². The Hall–Kier alpha value is -2.24. The Kier molecular flexibility index (Phi) is 7.08. The minimum absolute atomic E-state index is 0.0753. The summed E-state index contributed by atoms with van der Waals surface area (Å²) in [4.78, 5) is 22.0. The highest BCUT2D eigenvalue weighted by Crippen LogP contribution is 2.17. The maximum Gasteiger partial charge on any atom is 0.305 e. The Morgan fingerprint density at radius 2 is 1.86 bits per heavy atom. The highest BCUT2D eigenvalue weighted by atomic mass is 16.5. The van der Waals surface area contributed by atoms with Crippen LogP contribution in [0, 0.1) is 0 Å². The van der Waals surface area contributed by atoms with E-state index in [4.69, 9.17) is 14.6 Å². The van der Waals surface area contributed by atoms with Gasteiger partial charge in [0.15, 0.2) is 0 Å². The van der Waals surface area contributed by atoms with Crippen molar-refractivity contribution in [3.63, 3.8) is 0 Å². The summed E-state index contributed by atoms with van der Waals surface area (Å²) in [6.45, 7) is 2.09. The number of hydrogen-bond donors (Lipinski definition) is 2. The van der Waals surface area contributed by atoms with E-state index in [9.17, 15) is 9.59 Å². The van der Waals surface area contributed by atoms with E-state index < -0.39 is 5.97 Å². The van der Waals surface area contributed by atoms with Crippen molar-refractivity contribution in [1.82, 2.24) is 5.32 Å². The molecule has 116 valence electrons. The number of aliphatic carboxylic acids is 1. The molecule has 0 saturated carbocycles. The number of ether oxygens (including phenoxy) is 2. The van der Waals surface area contributed by atoms with E-state index in [1.165, 1.54) is 0 Å². The molecule has 0 fully saturated rings. The third kappa shape index (κ3) is 7.20. The third-order valence-corrected chi connectivity index (χ3v) is 2.76. The Balaban J connectivity index is 2.18. The Bertz CT molecular complexity index is 458. The SMILES string of the molecule is COc1ccc(OCCCC(=O)NC(C)CC(=O)O)cc1. The summed E-state index contributed by atoms with van der Waals surface area (Å²) in [6, 6.07) is 6.84. The normalized spacial score (nSPS) is 11.5. The first-order valence-corrected chi connectivity index (χ1v) is 6.79. The van der Waals surface area contributed by atoms with E-state index >= 15 is 0 Å². The summed E-state index contributed by atoms with van der Waals surface area (Å²) in [6.07, 6.45) is 0.797. The monoisotopic (exact) mass is 295 g/mol. The van der Waals surface area contributed by atoms with Gasteiger partial charge >= 0.3 is 5.97 Å². The van der Waals surface area contributed by atoms with Gasteiger partial charge in [0.1, 0.15) is 11.5 Å². The fourth-order valence-corrected chi connectivity index (χ4v) is 1.75. The van der Waals surface area contributed by atoms with E-state index in [1.54, 1.807) is 38.3 Å². The second kappa shape index (κ2) is 8.84. The summed E-state index contributed by atoms with van der Waals surface area (Å²) in [7, 11) is 1.60. The molecule has 1 aromatic carbocycles. The number of benzene rings is 1. The molecule has 1 atom stereocenters. The van der Waals surface area contributed by atoms with Crippen molar-refractivity contribution in [1.29, 1.82) is 0 Å². The largest absolute Gasteiger partial charge is 0.497 e. The average molecular weight is 295 g/mol. The standard InChI is InChI=1S/C15H21NO5/c1-11(10-15(18)19)16-14(17)4-3-9-21-13-7-5-12(20-2)6-8-13/h5-8,11H,3-4,9-10H2,1-2H3,(H,16,17)(H,18,19). The van der Waals surface area contributed by atoms with Crippen molar-refractivity contribution in [2.45, 2.75) is 32.2 Å². The van der Waals surface area contributed by atoms with E-state index in [0.29, 0.717) is 19.4 Å². The first kappa shape index (κ1) is 16.8. The van der Waals surface area contributed by atoms with Crippen molar-refractivity contribution in [2.75, 3.05) is 13.7 Å². The molecule has 1 aromatic rings. The molecule has 0 saturated heterocycles. The van der Waals surface area contributed by atoms with Gasteiger partial charge in [-0.1, -0.05) is 0 Å². The summed E-state index contributed by atoms with van der Waals surface area (Å²) in [5.41, 5.74) is 0. The molecule has 2 N–H and O–H groups in total. The van der Waals surface area contributed by atoms with Gasteiger partial charge in [0.25, 0.3) is 0 Å². The fraction of sp³-hybridized carbons (Fsp3) is 0.467. The topological polar surface area (TPSA) is 84.9 Å². The predicted molar refractivity (Wildman–Crippen MR) is 77.6 cm³/mol. The number of rotatable bonds is 9. The number of carbonyl (C=O) groups is 2. The predicted octanol–water partition coefficient (Wildman–Crippen LogP) is 1.83. The molecule has 6 heteroatoms. The maximum atomic E-state index is 11.6. The van der Waals surface area contributed by atoms with Crippen molar-refractivity contribution in [3.05, 3.63) is 24.3 Å². The zero-order valence-electron chi connectivity index (χ0n) is 12.3. The Morgan fingerprint density at radius 1 is 1.24 bits per heavy atom. The smallest absolute Gasteiger partial charge is 0.305 e. The van der Waals surface area contributed by atoms with Crippen LogP contribution >= 0.6 is 0 Å². The zero-order valence-corrected chi connectivity index (χ0v) is 12.3. The van der Waals surface area contributed by atoms with Crippen molar-refractivity contribution >= 4 is 11.9 Å². The lowest BCUT2D eigenvalue weighted by atomic mass is 10.2.